The number of aromatic nitrogens is 1. The van der Waals surface area contributed by atoms with Gasteiger partial charge in [-0.15, -0.1) is 11.3 Å². The van der Waals surface area contributed by atoms with E-state index < -0.39 is 5.97 Å². The molecule has 0 aromatic carbocycles. The molecular weight excluding hydrogens is 214 g/mol. The van der Waals surface area contributed by atoms with Crippen LogP contribution in [0.2, 0.25) is 0 Å². The van der Waals surface area contributed by atoms with Crippen molar-refractivity contribution in [2.75, 3.05) is 13.2 Å². The zero-order valence-electron chi connectivity index (χ0n) is 8.31. The van der Waals surface area contributed by atoms with Crippen molar-refractivity contribution < 1.29 is 14.6 Å². The lowest BCUT2D eigenvalue weighted by molar-refractivity contribution is -0.136. The second kappa shape index (κ2) is 4.72. The van der Waals surface area contributed by atoms with Crippen LogP contribution in [0, 0.1) is 0 Å². The first-order valence-electron chi connectivity index (χ1n) is 5.00. The molecule has 0 aliphatic carbocycles. The monoisotopic (exact) mass is 227 g/mol. The minimum absolute atomic E-state index is 0.0356. The molecule has 0 atom stereocenters. The highest BCUT2D eigenvalue weighted by Gasteiger charge is 2.18. The van der Waals surface area contributed by atoms with Crippen LogP contribution in [0.15, 0.2) is 6.20 Å². The molecule has 0 bridgehead atoms. The predicted octanol–water partition coefficient (Wildman–Crippen LogP) is 1.66. The van der Waals surface area contributed by atoms with E-state index in [1.165, 1.54) is 16.2 Å². The van der Waals surface area contributed by atoms with Crippen LogP contribution < -0.4 is 0 Å². The summed E-state index contributed by atoms with van der Waals surface area (Å²) < 4.78 is 5.28. The number of ether oxygens (including phenoxy) is 1. The summed E-state index contributed by atoms with van der Waals surface area (Å²) in [4.78, 5) is 15.8. The van der Waals surface area contributed by atoms with Crippen molar-refractivity contribution in [2.45, 2.75) is 25.2 Å². The molecule has 0 spiro atoms. The molecule has 0 unspecified atom stereocenters. The fraction of sp³-hybridized carbons (Fsp3) is 0.600. The van der Waals surface area contributed by atoms with E-state index in [0.29, 0.717) is 10.9 Å². The molecule has 0 saturated carbocycles. The first-order valence-corrected chi connectivity index (χ1v) is 5.81. The Morgan fingerprint density at radius 2 is 2.33 bits per heavy atom. The van der Waals surface area contributed by atoms with Gasteiger partial charge in [-0.25, -0.2) is 4.98 Å². The summed E-state index contributed by atoms with van der Waals surface area (Å²) >= 11 is 1.52. The second-order valence-corrected chi connectivity index (χ2v) is 4.76. The molecule has 2 heterocycles. The zero-order chi connectivity index (χ0) is 10.7. The first kappa shape index (κ1) is 10.6. The van der Waals surface area contributed by atoms with E-state index >= 15 is 0 Å². The number of hydrogen-bond donors (Lipinski definition) is 1. The van der Waals surface area contributed by atoms with Crippen LogP contribution in [0.5, 0.6) is 0 Å². The Kier molecular flexibility index (Phi) is 3.33. The summed E-state index contributed by atoms with van der Waals surface area (Å²) in [5.41, 5.74) is 0. The van der Waals surface area contributed by atoms with Gasteiger partial charge in [0.1, 0.15) is 5.01 Å². The van der Waals surface area contributed by atoms with Crippen molar-refractivity contribution in [1.29, 1.82) is 0 Å². The first-order chi connectivity index (χ1) is 7.25. The molecular formula is C10H13NO3S. The van der Waals surface area contributed by atoms with Crippen LogP contribution in [-0.4, -0.2) is 29.3 Å². The number of carbonyl (C=O) groups is 1. The smallest absolute Gasteiger partial charge is 0.310 e. The van der Waals surface area contributed by atoms with E-state index in [1.54, 1.807) is 0 Å². The van der Waals surface area contributed by atoms with Crippen LogP contribution >= 0.6 is 11.3 Å². The number of rotatable bonds is 3. The Balaban J connectivity index is 2.02. The van der Waals surface area contributed by atoms with E-state index in [0.717, 1.165) is 26.1 Å². The van der Waals surface area contributed by atoms with Crippen molar-refractivity contribution >= 4 is 17.3 Å². The van der Waals surface area contributed by atoms with Crippen molar-refractivity contribution in [3.63, 3.8) is 0 Å². The number of carboxylic acid groups (broad SMARTS) is 1. The van der Waals surface area contributed by atoms with E-state index in [1.807, 2.05) is 6.20 Å². The zero-order valence-corrected chi connectivity index (χ0v) is 9.13. The number of thiazole rings is 1. The Hall–Kier alpha value is -0.940. The van der Waals surface area contributed by atoms with Gasteiger partial charge in [0, 0.05) is 24.3 Å². The van der Waals surface area contributed by atoms with Crippen molar-refractivity contribution in [3.8, 4) is 0 Å². The molecule has 0 radical (unpaired) electrons. The molecule has 0 amide bonds. The van der Waals surface area contributed by atoms with E-state index in [-0.39, 0.29) is 6.42 Å². The molecule has 82 valence electrons. The van der Waals surface area contributed by atoms with Gasteiger partial charge < -0.3 is 9.84 Å². The van der Waals surface area contributed by atoms with Crippen molar-refractivity contribution in [1.82, 2.24) is 4.98 Å². The van der Waals surface area contributed by atoms with E-state index in [9.17, 15) is 4.79 Å². The fourth-order valence-electron chi connectivity index (χ4n) is 1.71. The number of aliphatic carboxylic acids is 1. The third kappa shape index (κ3) is 2.76. The summed E-state index contributed by atoms with van der Waals surface area (Å²) in [5, 5.41) is 9.33. The maximum Gasteiger partial charge on any atom is 0.310 e. The normalized spacial score (nSPS) is 17.9. The molecule has 4 nitrogen and oxygen atoms in total. The van der Waals surface area contributed by atoms with Crippen LogP contribution in [0.4, 0.5) is 0 Å². The summed E-state index contributed by atoms with van der Waals surface area (Å²) in [6.07, 6.45) is 3.90. The molecule has 15 heavy (non-hydrogen) atoms. The molecule has 1 saturated heterocycles. The Morgan fingerprint density at radius 3 is 3.00 bits per heavy atom. The van der Waals surface area contributed by atoms with E-state index in [2.05, 4.69) is 4.98 Å². The molecule has 1 aromatic heterocycles. The topological polar surface area (TPSA) is 59.4 Å². The van der Waals surface area contributed by atoms with Gasteiger partial charge in [0.2, 0.25) is 0 Å². The number of hydrogen-bond acceptors (Lipinski definition) is 4. The minimum Gasteiger partial charge on any atom is -0.481 e. The molecule has 1 N–H and O–H groups in total. The van der Waals surface area contributed by atoms with Crippen LogP contribution in [0.1, 0.15) is 28.6 Å². The van der Waals surface area contributed by atoms with Gasteiger partial charge >= 0.3 is 5.97 Å². The maximum atomic E-state index is 10.5. The Labute approximate surface area is 91.9 Å². The molecule has 1 aromatic rings. The summed E-state index contributed by atoms with van der Waals surface area (Å²) in [7, 11) is 0. The standard InChI is InChI=1S/C10H13NO3S/c12-10(13)5-9-11-6-8(15-9)7-1-3-14-4-2-7/h6-7H,1-5H2,(H,12,13). The average Bonchev–Trinajstić information content (AvgIpc) is 2.67. The Morgan fingerprint density at radius 1 is 1.60 bits per heavy atom. The van der Waals surface area contributed by atoms with Gasteiger partial charge in [-0.3, -0.25) is 4.79 Å². The van der Waals surface area contributed by atoms with Crippen molar-refractivity contribution in [2.24, 2.45) is 0 Å². The largest absolute Gasteiger partial charge is 0.481 e. The Bertz CT molecular complexity index is 344. The van der Waals surface area contributed by atoms with Gasteiger partial charge in [0.15, 0.2) is 0 Å². The maximum absolute atomic E-state index is 10.5. The third-order valence-electron chi connectivity index (χ3n) is 2.50. The third-order valence-corrected chi connectivity index (χ3v) is 3.66. The molecule has 1 fully saturated rings. The lowest BCUT2D eigenvalue weighted by atomic mass is 9.99. The van der Waals surface area contributed by atoms with Crippen LogP contribution in [-0.2, 0) is 16.0 Å². The van der Waals surface area contributed by atoms with Gasteiger partial charge in [0.05, 0.1) is 6.42 Å². The van der Waals surface area contributed by atoms with Crippen LogP contribution in [0.3, 0.4) is 0 Å². The highest BCUT2D eigenvalue weighted by Crippen LogP contribution is 2.30. The summed E-state index contributed by atoms with van der Waals surface area (Å²) in [6, 6.07) is 0. The second-order valence-electron chi connectivity index (χ2n) is 3.61. The molecule has 5 heteroatoms. The van der Waals surface area contributed by atoms with Crippen LogP contribution in [0.25, 0.3) is 0 Å². The lowest BCUT2D eigenvalue weighted by Crippen LogP contribution is -2.12. The van der Waals surface area contributed by atoms with Gasteiger partial charge in [-0.1, -0.05) is 0 Å². The molecule has 1 aliphatic heterocycles. The SMILES string of the molecule is O=C(O)Cc1ncc(C2CCOCC2)s1. The van der Waals surface area contributed by atoms with Gasteiger partial charge in [-0.05, 0) is 18.8 Å². The van der Waals surface area contributed by atoms with E-state index in [4.69, 9.17) is 9.84 Å². The van der Waals surface area contributed by atoms with Crippen molar-refractivity contribution in [3.05, 3.63) is 16.1 Å². The van der Waals surface area contributed by atoms with Gasteiger partial charge in [-0.2, -0.15) is 0 Å². The number of carboxylic acids is 1. The average molecular weight is 227 g/mol. The summed E-state index contributed by atoms with van der Waals surface area (Å²) in [6.45, 7) is 1.60. The number of nitrogens with zero attached hydrogens (tertiary/aromatic N) is 1. The minimum atomic E-state index is -0.817. The highest BCUT2D eigenvalue weighted by molar-refractivity contribution is 7.11. The molecule has 1 aliphatic rings. The summed E-state index contributed by atoms with van der Waals surface area (Å²) in [5.74, 6) is -0.304. The highest BCUT2D eigenvalue weighted by atomic mass is 32.1. The fourth-order valence-corrected chi connectivity index (χ4v) is 2.79. The lowest BCUT2D eigenvalue weighted by Gasteiger charge is -2.20. The molecule has 2 rings (SSSR count). The van der Waals surface area contributed by atoms with Gasteiger partial charge in [0.25, 0.3) is 0 Å². The predicted molar refractivity (Wildman–Crippen MR) is 56.2 cm³/mol. The quantitative estimate of drug-likeness (QED) is 0.853.